The van der Waals surface area contributed by atoms with Crippen LogP contribution in [-0.2, 0) is 16.0 Å². The molecule has 2 amide bonds. The van der Waals surface area contributed by atoms with Gasteiger partial charge in [0.15, 0.2) is 5.82 Å². The average Bonchev–Trinajstić information content (AvgIpc) is 3.52. The number of carbonyl (C=O) groups is 2. The molecule has 36 heavy (non-hydrogen) atoms. The number of nitrogens with one attached hydrogen (secondary N) is 1. The predicted molar refractivity (Wildman–Crippen MR) is 145 cm³/mol. The zero-order valence-corrected chi connectivity index (χ0v) is 22.5. The van der Waals surface area contributed by atoms with Gasteiger partial charge in [0.25, 0.3) is 11.8 Å². The molecule has 1 N–H and O–H groups in total. The van der Waals surface area contributed by atoms with Crippen LogP contribution in [0, 0.1) is 12.8 Å². The summed E-state index contributed by atoms with van der Waals surface area (Å²) in [6.45, 7) is 5.15. The molecule has 1 saturated carbocycles. The highest BCUT2D eigenvalue weighted by Crippen LogP contribution is 2.41. The second kappa shape index (κ2) is 10.5. The van der Waals surface area contributed by atoms with Crippen molar-refractivity contribution in [3.63, 3.8) is 0 Å². The minimum atomic E-state index is -0.388. The van der Waals surface area contributed by atoms with E-state index in [4.69, 9.17) is 14.7 Å². The normalized spacial score (nSPS) is 15.5. The fraction of sp³-hybridized carbons (Fsp3) is 0.385. The molecule has 0 atom stereocenters. The number of likely N-dealkylation sites (N-methyl/N-ethyl adjacent to an activating group) is 1. The van der Waals surface area contributed by atoms with Crippen LogP contribution >= 0.6 is 23.7 Å². The largest absolute Gasteiger partial charge is 0.492 e. The van der Waals surface area contributed by atoms with Gasteiger partial charge in [-0.05, 0) is 82.1 Å². The maximum atomic E-state index is 12.5. The summed E-state index contributed by atoms with van der Waals surface area (Å²) in [7, 11) is 4.04. The number of hydrogen-bond acceptors (Lipinski definition) is 8. The number of aromatic nitrogens is 2. The zero-order valence-electron chi connectivity index (χ0n) is 20.8. The van der Waals surface area contributed by atoms with Crippen molar-refractivity contribution in [3.8, 4) is 16.2 Å². The van der Waals surface area contributed by atoms with Gasteiger partial charge in [-0.25, -0.2) is 9.97 Å². The number of halogens is 1. The number of ether oxygens (including phenoxy) is 1. The summed E-state index contributed by atoms with van der Waals surface area (Å²) in [6.07, 6.45) is 4.52. The van der Waals surface area contributed by atoms with E-state index >= 15 is 0 Å². The number of anilines is 1. The lowest BCUT2D eigenvalue weighted by Gasteiger charge is -2.17. The lowest BCUT2D eigenvalue weighted by Crippen LogP contribution is -2.36. The molecule has 2 aromatic heterocycles. The van der Waals surface area contributed by atoms with Crippen molar-refractivity contribution in [2.45, 2.75) is 33.1 Å². The number of nitrogens with zero attached hydrogens (tertiary/aromatic N) is 4. The van der Waals surface area contributed by atoms with Gasteiger partial charge in [0.05, 0.1) is 5.39 Å². The summed E-state index contributed by atoms with van der Waals surface area (Å²) in [5, 5.41) is 1.87. The van der Waals surface area contributed by atoms with Gasteiger partial charge < -0.3 is 9.64 Å². The van der Waals surface area contributed by atoms with Gasteiger partial charge in [0, 0.05) is 29.5 Å². The minimum absolute atomic E-state index is 0. The molecule has 1 aliphatic carbocycles. The van der Waals surface area contributed by atoms with Gasteiger partial charge in [-0.15, -0.1) is 23.7 Å². The second-order valence-electron chi connectivity index (χ2n) is 9.47. The van der Waals surface area contributed by atoms with E-state index in [2.05, 4.69) is 22.5 Å². The first kappa shape index (κ1) is 26.1. The van der Waals surface area contributed by atoms with E-state index < -0.39 is 0 Å². The topological polar surface area (TPSA) is 87.7 Å². The highest BCUT2D eigenvalue weighted by molar-refractivity contribution is 7.22. The molecule has 0 spiro atoms. The Morgan fingerprint density at radius 3 is 2.47 bits per heavy atom. The van der Waals surface area contributed by atoms with Crippen LogP contribution in [0.3, 0.4) is 0 Å². The van der Waals surface area contributed by atoms with Crippen LogP contribution in [0.5, 0.6) is 5.75 Å². The fourth-order valence-electron chi connectivity index (χ4n) is 4.06. The first-order chi connectivity index (χ1) is 16.8. The van der Waals surface area contributed by atoms with Crippen LogP contribution in [0.1, 0.15) is 31.2 Å². The summed E-state index contributed by atoms with van der Waals surface area (Å²) in [6, 6.07) is 8.06. The Hall–Kier alpha value is -3.01. The molecule has 190 valence electrons. The van der Waals surface area contributed by atoms with E-state index in [0.29, 0.717) is 23.9 Å². The second-order valence-corrected chi connectivity index (χ2v) is 10.5. The Morgan fingerprint density at radius 2 is 1.86 bits per heavy atom. The SMILES string of the molecule is CC1=CC(=O)N(Nc2nc(CC3CC3)nc3sc(-c4ccc(OCCN(C)C)cc4)c(C)c23)C1=O.Cl. The van der Waals surface area contributed by atoms with Crippen molar-refractivity contribution in [2.75, 3.05) is 32.7 Å². The van der Waals surface area contributed by atoms with Crippen molar-refractivity contribution in [2.24, 2.45) is 5.92 Å². The number of fused-ring (bicyclic) bond motifs is 1. The van der Waals surface area contributed by atoms with E-state index in [-0.39, 0.29) is 24.2 Å². The van der Waals surface area contributed by atoms with E-state index in [0.717, 1.165) is 55.8 Å². The molecule has 0 radical (unpaired) electrons. The molecular weight excluding hydrogens is 498 g/mol. The molecule has 0 saturated heterocycles. The summed E-state index contributed by atoms with van der Waals surface area (Å²) in [5.41, 5.74) is 5.48. The smallest absolute Gasteiger partial charge is 0.275 e. The highest BCUT2D eigenvalue weighted by Gasteiger charge is 2.31. The standard InChI is InChI=1S/C26H29N5O3S.ClH/c1-15-13-21(32)31(26(15)33)29-24-22-16(2)23(35-25(22)28-20(27-24)14-17-5-6-17)18-7-9-19(10-8-18)34-12-11-30(3)4;/h7-10,13,17H,5-6,11-12,14H2,1-4H3,(H,27,28,29);1H. The number of carbonyl (C=O) groups excluding carboxylic acids is 2. The van der Waals surface area contributed by atoms with Gasteiger partial charge in [0.2, 0.25) is 0 Å². The van der Waals surface area contributed by atoms with E-state index in [9.17, 15) is 9.59 Å². The Bertz CT molecular complexity index is 1330. The molecule has 1 aliphatic heterocycles. The van der Waals surface area contributed by atoms with E-state index in [1.54, 1.807) is 18.3 Å². The molecular formula is C26H30ClN5O3S. The van der Waals surface area contributed by atoms with Gasteiger partial charge >= 0.3 is 0 Å². The number of amides is 2. The monoisotopic (exact) mass is 527 g/mol. The number of rotatable bonds is 9. The number of thiophene rings is 1. The van der Waals surface area contributed by atoms with Crippen molar-refractivity contribution in [1.82, 2.24) is 19.9 Å². The van der Waals surface area contributed by atoms with Crippen molar-refractivity contribution in [1.29, 1.82) is 0 Å². The summed E-state index contributed by atoms with van der Waals surface area (Å²) in [5.74, 6) is 1.93. The molecule has 5 rings (SSSR count). The van der Waals surface area contributed by atoms with E-state index in [1.165, 1.54) is 18.9 Å². The van der Waals surface area contributed by atoms with Gasteiger partial charge in [-0.1, -0.05) is 0 Å². The summed E-state index contributed by atoms with van der Waals surface area (Å²) >= 11 is 1.60. The number of hydrazine groups is 1. The summed E-state index contributed by atoms with van der Waals surface area (Å²) < 4.78 is 5.83. The number of imide groups is 1. The van der Waals surface area contributed by atoms with Crippen LogP contribution < -0.4 is 10.2 Å². The Balaban J connectivity index is 0.00000304. The molecule has 3 heterocycles. The van der Waals surface area contributed by atoms with Crippen molar-refractivity contribution in [3.05, 3.63) is 47.3 Å². The quantitative estimate of drug-likeness (QED) is 0.406. The van der Waals surface area contributed by atoms with Crippen LogP contribution in [0.15, 0.2) is 35.9 Å². The average molecular weight is 528 g/mol. The van der Waals surface area contributed by atoms with Gasteiger partial charge in [-0.3, -0.25) is 15.0 Å². The van der Waals surface area contributed by atoms with E-state index in [1.807, 2.05) is 33.2 Å². The maximum absolute atomic E-state index is 12.5. The van der Waals surface area contributed by atoms with Gasteiger partial charge in [0.1, 0.15) is 23.0 Å². The van der Waals surface area contributed by atoms with Crippen molar-refractivity contribution >= 4 is 51.6 Å². The Kier molecular flexibility index (Phi) is 7.63. The molecule has 1 aromatic carbocycles. The first-order valence-corrected chi connectivity index (χ1v) is 12.6. The highest BCUT2D eigenvalue weighted by atomic mass is 35.5. The van der Waals surface area contributed by atoms with Crippen molar-refractivity contribution < 1.29 is 14.3 Å². The number of hydrogen-bond donors (Lipinski definition) is 1. The molecule has 0 unspecified atom stereocenters. The molecule has 0 bridgehead atoms. The van der Waals surface area contributed by atoms with Crippen LogP contribution in [0.4, 0.5) is 5.82 Å². The third-order valence-electron chi connectivity index (χ3n) is 6.25. The maximum Gasteiger partial charge on any atom is 0.275 e. The van der Waals surface area contributed by atoms with Crippen LogP contribution in [0.25, 0.3) is 20.7 Å². The minimum Gasteiger partial charge on any atom is -0.492 e. The molecule has 1 fully saturated rings. The van der Waals surface area contributed by atoms with Gasteiger partial charge in [-0.2, -0.15) is 5.01 Å². The molecule has 3 aromatic rings. The third kappa shape index (κ3) is 5.38. The lowest BCUT2D eigenvalue weighted by molar-refractivity contribution is -0.135. The molecule has 8 nitrogen and oxygen atoms in total. The Labute approximate surface area is 220 Å². The summed E-state index contributed by atoms with van der Waals surface area (Å²) in [4.78, 5) is 38.5. The Morgan fingerprint density at radius 1 is 1.14 bits per heavy atom. The third-order valence-corrected chi connectivity index (χ3v) is 7.48. The van der Waals surface area contributed by atoms with Crippen LogP contribution in [-0.4, -0.2) is 58.9 Å². The molecule has 2 aliphatic rings. The predicted octanol–water partition coefficient (Wildman–Crippen LogP) is 4.62. The lowest BCUT2D eigenvalue weighted by atomic mass is 10.1. The zero-order chi connectivity index (χ0) is 24.7. The fourth-order valence-corrected chi connectivity index (χ4v) is 5.26. The first-order valence-electron chi connectivity index (χ1n) is 11.8. The number of aryl methyl sites for hydroxylation is 1. The molecule has 10 heteroatoms. The number of benzene rings is 1. The van der Waals surface area contributed by atoms with Crippen LogP contribution in [0.2, 0.25) is 0 Å².